The molecular weight excluding hydrogens is 544 g/mol. The molecule has 0 bridgehead atoms. The molecule has 0 spiro atoms. The van der Waals surface area contributed by atoms with Crippen LogP contribution in [0.25, 0.3) is 22.4 Å². The van der Waals surface area contributed by atoms with E-state index in [1.165, 1.54) is 31.5 Å². The van der Waals surface area contributed by atoms with Gasteiger partial charge in [0.25, 0.3) is 0 Å². The van der Waals surface area contributed by atoms with Crippen molar-refractivity contribution < 1.29 is 27.8 Å². The highest BCUT2D eigenvalue weighted by molar-refractivity contribution is 5.92. The highest BCUT2D eigenvalue weighted by Crippen LogP contribution is 2.25. The molecule has 0 fully saturated rings. The van der Waals surface area contributed by atoms with Gasteiger partial charge in [-0.25, -0.2) is 28.5 Å². The maximum atomic E-state index is 15.4. The zero-order valence-corrected chi connectivity index (χ0v) is 22.8. The highest BCUT2D eigenvalue weighted by atomic mass is 19.1. The molecule has 2 aromatic carbocycles. The van der Waals surface area contributed by atoms with E-state index in [1.807, 2.05) is 10.6 Å². The van der Waals surface area contributed by atoms with Crippen molar-refractivity contribution in [3.8, 4) is 23.2 Å². The van der Waals surface area contributed by atoms with Gasteiger partial charge in [0.05, 0.1) is 42.1 Å². The number of imidazole rings is 1. The lowest BCUT2D eigenvalue weighted by molar-refractivity contribution is 0.0600. The third-order valence-electron chi connectivity index (χ3n) is 6.60. The summed E-state index contributed by atoms with van der Waals surface area (Å²) in [5.41, 5.74) is 3.24. The van der Waals surface area contributed by atoms with Crippen molar-refractivity contribution in [1.29, 1.82) is 5.26 Å². The third kappa shape index (κ3) is 6.09. The predicted octanol–water partition coefficient (Wildman–Crippen LogP) is 5.25. The van der Waals surface area contributed by atoms with Crippen LogP contribution in [0.2, 0.25) is 0 Å². The highest BCUT2D eigenvalue weighted by Gasteiger charge is 2.17. The standard InChI is InChI=1S/C31H25F2N5O4/c1-40-11-10-38-27-14-23(31(39)41-2)17-35-30(27)37-28(38)15-20-8-9-21(13-25(20)33)26-4-3-5-29(36-26)42-18-22-7-6-19(16-34)12-24(22)32/h3-9,12-14,17H,10-11,15,18H2,1-2H3. The summed E-state index contributed by atoms with van der Waals surface area (Å²) in [6, 6.07) is 17.6. The molecule has 42 heavy (non-hydrogen) atoms. The number of nitrogens with zero attached hydrogens (tertiary/aromatic N) is 5. The van der Waals surface area contributed by atoms with Crippen LogP contribution in [0.3, 0.4) is 0 Å². The number of pyridine rings is 2. The van der Waals surface area contributed by atoms with Crippen LogP contribution in [0.4, 0.5) is 8.78 Å². The van der Waals surface area contributed by atoms with E-state index in [0.717, 1.165) is 6.07 Å². The molecule has 9 nitrogen and oxygen atoms in total. The van der Waals surface area contributed by atoms with E-state index < -0.39 is 17.6 Å². The van der Waals surface area contributed by atoms with Crippen LogP contribution in [-0.4, -0.2) is 46.3 Å². The minimum Gasteiger partial charge on any atom is -0.473 e. The molecule has 0 saturated heterocycles. The van der Waals surface area contributed by atoms with Crippen LogP contribution in [0.15, 0.2) is 66.9 Å². The fraction of sp³-hybridized carbons (Fsp3) is 0.194. The zero-order valence-electron chi connectivity index (χ0n) is 22.8. The second kappa shape index (κ2) is 12.5. The van der Waals surface area contributed by atoms with Crippen LogP contribution >= 0.6 is 0 Å². The topological polar surface area (TPSA) is 112 Å². The maximum absolute atomic E-state index is 15.4. The van der Waals surface area contributed by atoms with Gasteiger partial charge in [-0.15, -0.1) is 0 Å². The van der Waals surface area contributed by atoms with Gasteiger partial charge >= 0.3 is 5.97 Å². The molecule has 0 radical (unpaired) electrons. The molecule has 212 valence electrons. The first-order valence-corrected chi connectivity index (χ1v) is 12.9. The number of rotatable bonds is 10. The number of nitriles is 1. The Balaban J connectivity index is 1.37. The Morgan fingerprint density at radius 1 is 1.00 bits per heavy atom. The summed E-state index contributed by atoms with van der Waals surface area (Å²) < 4.78 is 47.2. The normalized spacial score (nSPS) is 10.9. The molecule has 0 amide bonds. The Labute approximate surface area is 240 Å². The predicted molar refractivity (Wildman–Crippen MR) is 149 cm³/mol. The second-order valence-corrected chi connectivity index (χ2v) is 9.28. The summed E-state index contributed by atoms with van der Waals surface area (Å²) >= 11 is 0. The number of esters is 1. The molecule has 3 heterocycles. The van der Waals surface area contributed by atoms with E-state index in [2.05, 4.69) is 15.0 Å². The Bertz CT molecular complexity index is 1820. The van der Waals surface area contributed by atoms with Gasteiger partial charge in [0.2, 0.25) is 5.88 Å². The fourth-order valence-electron chi connectivity index (χ4n) is 4.41. The number of benzene rings is 2. The van der Waals surface area contributed by atoms with Crippen molar-refractivity contribution in [2.45, 2.75) is 19.6 Å². The van der Waals surface area contributed by atoms with E-state index in [0.29, 0.717) is 47.0 Å². The molecule has 0 saturated carbocycles. The van der Waals surface area contributed by atoms with Crippen LogP contribution in [0, 0.1) is 23.0 Å². The third-order valence-corrected chi connectivity index (χ3v) is 6.60. The molecule has 11 heteroatoms. The summed E-state index contributed by atoms with van der Waals surface area (Å²) in [4.78, 5) is 25.3. The fourth-order valence-corrected chi connectivity index (χ4v) is 4.41. The number of carbonyl (C=O) groups is 1. The van der Waals surface area contributed by atoms with Gasteiger partial charge in [-0.05, 0) is 35.9 Å². The smallest absolute Gasteiger partial charge is 0.339 e. The van der Waals surface area contributed by atoms with E-state index in [4.69, 9.17) is 19.5 Å². The average molecular weight is 570 g/mol. The van der Waals surface area contributed by atoms with Gasteiger partial charge in [0, 0.05) is 43.5 Å². The number of ether oxygens (including phenoxy) is 3. The van der Waals surface area contributed by atoms with E-state index in [-0.39, 0.29) is 35.6 Å². The van der Waals surface area contributed by atoms with E-state index in [1.54, 1.807) is 43.5 Å². The number of hydrogen-bond acceptors (Lipinski definition) is 8. The summed E-state index contributed by atoms with van der Waals surface area (Å²) in [6.07, 6.45) is 1.57. The Kier molecular flexibility index (Phi) is 8.45. The quantitative estimate of drug-likeness (QED) is 0.210. The van der Waals surface area contributed by atoms with Crippen molar-refractivity contribution in [3.05, 3.63) is 107 Å². The van der Waals surface area contributed by atoms with Gasteiger partial charge < -0.3 is 18.8 Å². The van der Waals surface area contributed by atoms with E-state index >= 15 is 4.39 Å². The first-order chi connectivity index (χ1) is 20.4. The van der Waals surface area contributed by atoms with Crippen molar-refractivity contribution in [1.82, 2.24) is 19.5 Å². The van der Waals surface area contributed by atoms with Crippen molar-refractivity contribution in [2.24, 2.45) is 0 Å². The Morgan fingerprint density at radius 3 is 2.55 bits per heavy atom. The molecule has 0 N–H and O–H groups in total. The lowest BCUT2D eigenvalue weighted by Gasteiger charge is -2.11. The van der Waals surface area contributed by atoms with E-state index in [9.17, 15) is 9.18 Å². The summed E-state index contributed by atoms with van der Waals surface area (Å²) in [7, 11) is 2.87. The summed E-state index contributed by atoms with van der Waals surface area (Å²) in [6.45, 7) is 0.725. The number of methoxy groups -OCH3 is 2. The van der Waals surface area contributed by atoms with Crippen LogP contribution < -0.4 is 4.74 Å². The average Bonchev–Trinajstić information content (AvgIpc) is 3.35. The Hall–Kier alpha value is -5.21. The summed E-state index contributed by atoms with van der Waals surface area (Å²) in [5, 5.41) is 8.91. The number of hydrogen-bond donors (Lipinski definition) is 0. The van der Waals surface area contributed by atoms with Crippen molar-refractivity contribution >= 4 is 17.1 Å². The van der Waals surface area contributed by atoms with Crippen LogP contribution in [0.1, 0.15) is 32.9 Å². The first kappa shape index (κ1) is 28.3. The Morgan fingerprint density at radius 2 is 1.81 bits per heavy atom. The molecule has 0 atom stereocenters. The van der Waals surface area contributed by atoms with Crippen molar-refractivity contribution in [2.75, 3.05) is 20.8 Å². The van der Waals surface area contributed by atoms with Crippen LogP contribution in [0.5, 0.6) is 5.88 Å². The van der Waals surface area contributed by atoms with Gasteiger partial charge in [-0.1, -0.05) is 24.3 Å². The number of aromatic nitrogens is 4. The second-order valence-electron chi connectivity index (χ2n) is 9.28. The first-order valence-electron chi connectivity index (χ1n) is 12.9. The molecule has 0 aliphatic carbocycles. The van der Waals surface area contributed by atoms with Gasteiger partial charge in [0.15, 0.2) is 5.65 Å². The van der Waals surface area contributed by atoms with Gasteiger partial charge in [-0.3, -0.25) is 0 Å². The minimum absolute atomic E-state index is 0.0820. The van der Waals surface area contributed by atoms with Gasteiger partial charge in [0.1, 0.15) is 24.1 Å². The molecule has 3 aromatic heterocycles. The monoisotopic (exact) mass is 569 g/mol. The largest absolute Gasteiger partial charge is 0.473 e. The molecule has 5 rings (SSSR count). The summed E-state index contributed by atoms with van der Waals surface area (Å²) in [5.74, 6) is -0.707. The number of carbonyl (C=O) groups excluding carboxylic acids is 1. The van der Waals surface area contributed by atoms with Crippen LogP contribution in [-0.2, 0) is 29.0 Å². The molecule has 0 unspecified atom stereocenters. The minimum atomic E-state index is -0.543. The zero-order chi connectivity index (χ0) is 29.6. The number of halogens is 2. The van der Waals surface area contributed by atoms with Gasteiger partial charge in [-0.2, -0.15) is 5.26 Å². The molecule has 0 aliphatic heterocycles. The lowest BCUT2D eigenvalue weighted by Crippen LogP contribution is -2.10. The SMILES string of the molecule is COCCn1c(Cc2ccc(-c3cccc(OCc4ccc(C#N)cc4F)n3)cc2F)nc2ncc(C(=O)OC)cc21. The molecular formula is C31H25F2N5O4. The maximum Gasteiger partial charge on any atom is 0.339 e. The molecule has 0 aliphatic rings. The molecule has 5 aromatic rings. The lowest BCUT2D eigenvalue weighted by atomic mass is 10.1. The number of fused-ring (bicyclic) bond motifs is 1. The van der Waals surface area contributed by atoms with Crippen molar-refractivity contribution in [3.63, 3.8) is 0 Å².